The van der Waals surface area contributed by atoms with Crippen molar-refractivity contribution in [2.75, 3.05) is 53.5 Å². The number of urea groups is 1. The molecule has 0 aromatic heterocycles. The summed E-state index contributed by atoms with van der Waals surface area (Å²) in [6, 6.07) is 16.2. The summed E-state index contributed by atoms with van der Waals surface area (Å²) in [5.41, 5.74) is 2.42. The lowest BCUT2D eigenvalue weighted by Gasteiger charge is -2.34. The van der Waals surface area contributed by atoms with Crippen molar-refractivity contribution < 1.29 is 14.3 Å². The molecule has 0 spiro atoms. The maximum absolute atomic E-state index is 12.4. The second-order valence-electron chi connectivity index (χ2n) is 7.22. The number of para-hydroxylation sites is 1. The third kappa shape index (κ3) is 6.12. The van der Waals surface area contributed by atoms with Crippen molar-refractivity contribution in [3.05, 3.63) is 59.7 Å². The van der Waals surface area contributed by atoms with E-state index in [9.17, 15) is 4.79 Å². The Morgan fingerprint density at radius 3 is 2.34 bits per heavy atom. The molecular weight excluding hydrogens is 366 g/mol. The van der Waals surface area contributed by atoms with E-state index in [4.69, 9.17) is 9.47 Å². The number of nitrogens with one attached hydrogen (secondary N) is 1. The molecule has 29 heavy (non-hydrogen) atoms. The fourth-order valence-corrected chi connectivity index (χ4v) is 3.58. The van der Waals surface area contributed by atoms with Gasteiger partial charge in [-0.05, 0) is 42.2 Å². The molecule has 0 radical (unpaired) electrons. The van der Waals surface area contributed by atoms with Crippen LogP contribution in [-0.2, 0) is 12.8 Å². The molecule has 1 aliphatic rings. The van der Waals surface area contributed by atoms with Gasteiger partial charge in [0.25, 0.3) is 0 Å². The lowest BCUT2D eigenvalue weighted by molar-refractivity contribution is 0.140. The Morgan fingerprint density at radius 1 is 0.931 bits per heavy atom. The maximum atomic E-state index is 12.4. The van der Waals surface area contributed by atoms with Gasteiger partial charge in [0, 0.05) is 39.3 Å². The molecule has 6 nitrogen and oxygen atoms in total. The van der Waals surface area contributed by atoms with Gasteiger partial charge in [0.1, 0.15) is 11.5 Å². The van der Waals surface area contributed by atoms with Crippen LogP contribution in [0.15, 0.2) is 48.5 Å². The Balaban J connectivity index is 1.35. The Hall–Kier alpha value is -2.73. The molecule has 0 unspecified atom stereocenters. The van der Waals surface area contributed by atoms with Crippen LogP contribution in [0.1, 0.15) is 11.1 Å². The van der Waals surface area contributed by atoms with E-state index in [1.165, 1.54) is 5.56 Å². The van der Waals surface area contributed by atoms with Crippen molar-refractivity contribution in [3.8, 4) is 11.5 Å². The summed E-state index contributed by atoms with van der Waals surface area (Å²) in [6.07, 6.45) is 1.77. The van der Waals surface area contributed by atoms with Crippen LogP contribution in [0.25, 0.3) is 0 Å². The number of rotatable bonds is 8. The van der Waals surface area contributed by atoms with Crippen LogP contribution in [-0.4, -0.2) is 69.3 Å². The minimum absolute atomic E-state index is 0.0229. The summed E-state index contributed by atoms with van der Waals surface area (Å²) in [5.74, 6) is 1.76. The fourth-order valence-electron chi connectivity index (χ4n) is 3.58. The first-order valence-electron chi connectivity index (χ1n) is 10.2. The molecule has 0 aliphatic carbocycles. The van der Waals surface area contributed by atoms with Crippen molar-refractivity contribution >= 4 is 6.03 Å². The Morgan fingerprint density at radius 2 is 1.66 bits per heavy atom. The first-order valence-corrected chi connectivity index (χ1v) is 10.2. The van der Waals surface area contributed by atoms with Gasteiger partial charge in [-0.1, -0.05) is 30.3 Å². The van der Waals surface area contributed by atoms with E-state index >= 15 is 0 Å². The van der Waals surface area contributed by atoms with Crippen molar-refractivity contribution in [1.29, 1.82) is 0 Å². The number of nitrogens with zero attached hydrogens (tertiary/aromatic N) is 2. The number of carbonyl (C=O) groups is 1. The van der Waals surface area contributed by atoms with E-state index in [1.807, 2.05) is 41.3 Å². The van der Waals surface area contributed by atoms with Gasteiger partial charge < -0.3 is 19.7 Å². The minimum Gasteiger partial charge on any atom is -0.497 e. The molecular formula is C23H31N3O3. The Bertz CT molecular complexity index is 771. The number of piperazine rings is 1. The van der Waals surface area contributed by atoms with E-state index in [2.05, 4.69) is 22.3 Å². The zero-order valence-electron chi connectivity index (χ0n) is 17.4. The standard InChI is InChI=1S/C23H31N3O3/c1-28-21-9-7-19(8-10-21)12-14-25-15-17-26(18-16-25)23(27)24-13-11-20-5-3-4-6-22(20)29-2/h3-10H,11-18H2,1-2H3,(H,24,27). The summed E-state index contributed by atoms with van der Waals surface area (Å²) in [6.45, 7) is 4.98. The van der Waals surface area contributed by atoms with Crippen LogP contribution in [0, 0.1) is 0 Å². The molecule has 1 aliphatic heterocycles. The van der Waals surface area contributed by atoms with E-state index in [0.717, 1.165) is 62.6 Å². The van der Waals surface area contributed by atoms with Gasteiger partial charge in [0.15, 0.2) is 0 Å². The van der Waals surface area contributed by atoms with E-state index in [1.54, 1.807) is 14.2 Å². The number of benzene rings is 2. The topological polar surface area (TPSA) is 54.0 Å². The number of hydrogen-bond acceptors (Lipinski definition) is 4. The van der Waals surface area contributed by atoms with Crippen LogP contribution in [0.3, 0.4) is 0 Å². The van der Waals surface area contributed by atoms with Gasteiger partial charge in [0.05, 0.1) is 14.2 Å². The lowest BCUT2D eigenvalue weighted by atomic mass is 10.1. The molecule has 2 aromatic carbocycles. The number of carbonyl (C=O) groups excluding carboxylic acids is 1. The van der Waals surface area contributed by atoms with E-state index in [0.29, 0.717) is 6.54 Å². The van der Waals surface area contributed by atoms with Gasteiger partial charge in [0.2, 0.25) is 0 Å². The minimum atomic E-state index is 0.0229. The predicted molar refractivity (Wildman–Crippen MR) is 115 cm³/mol. The van der Waals surface area contributed by atoms with Gasteiger partial charge in [-0.3, -0.25) is 4.90 Å². The van der Waals surface area contributed by atoms with Crippen molar-refractivity contribution in [2.45, 2.75) is 12.8 Å². The van der Waals surface area contributed by atoms with Gasteiger partial charge in [-0.2, -0.15) is 0 Å². The monoisotopic (exact) mass is 397 g/mol. The molecule has 0 bridgehead atoms. The highest BCUT2D eigenvalue weighted by molar-refractivity contribution is 5.74. The molecule has 1 saturated heterocycles. The quantitative estimate of drug-likeness (QED) is 0.744. The van der Waals surface area contributed by atoms with Crippen LogP contribution >= 0.6 is 0 Å². The molecule has 2 aromatic rings. The first kappa shape index (κ1) is 21.0. The van der Waals surface area contributed by atoms with Crippen LogP contribution < -0.4 is 14.8 Å². The Kier molecular flexibility index (Phi) is 7.76. The van der Waals surface area contributed by atoms with Crippen LogP contribution in [0.2, 0.25) is 0 Å². The van der Waals surface area contributed by atoms with Gasteiger partial charge >= 0.3 is 6.03 Å². The highest BCUT2D eigenvalue weighted by Crippen LogP contribution is 2.17. The maximum Gasteiger partial charge on any atom is 0.317 e. The average Bonchev–Trinajstić information content (AvgIpc) is 2.78. The number of methoxy groups -OCH3 is 2. The second-order valence-corrected chi connectivity index (χ2v) is 7.22. The lowest BCUT2D eigenvalue weighted by Crippen LogP contribution is -2.52. The van der Waals surface area contributed by atoms with Crippen LogP contribution in [0.5, 0.6) is 11.5 Å². The highest BCUT2D eigenvalue weighted by Gasteiger charge is 2.20. The molecule has 2 amide bonds. The number of hydrogen-bond donors (Lipinski definition) is 1. The average molecular weight is 398 g/mol. The van der Waals surface area contributed by atoms with Crippen molar-refractivity contribution in [1.82, 2.24) is 15.1 Å². The van der Waals surface area contributed by atoms with E-state index < -0.39 is 0 Å². The zero-order valence-corrected chi connectivity index (χ0v) is 17.4. The smallest absolute Gasteiger partial charge is 0.317 e. The largest absolute Gasteiger partial charge is 0.497 e. The summed E-state index contributed by atoms with van der Waals surface area (Å²) < 4.78 is 10.6. The van der Waals surface area contributed by atoms with Crippen LogP contribution in [0.4, 0.5) is 4.79 Å². The first-order chi connectivity index (χ1) is 14.2. The molecule has 156 valence electrons. The summed E-state index contributed by atoms with van der Waals surface area (Å²) in [5, 5.41) is 3.04. The molecule has 1 fully saturated rings. The third-order valence-electron chi connectivity index (χ3n) is 5.40. The SMILES string of the molecule is COc1ccc(CCN2CCN(C(=O)NCCc3ccccc3OC)CC2)cc1. The summed E-state index contributed by atoms with van der Waals surface area (Å²) in [4.78, 5) is 16.8. The molecule has 3 rings (SSSR count). The fraction of sp³-hybridized carbons (Fsp3) is 0.435. The van der Waals surface area contributed by atoms with Gasteiger partial charge in [-0.25, -0.2) is 4.79 Å². The third-order valence-corrected chi connectivity index (χ3v) is 5.40. The number of ether oxygens (including phenoxy) is 2. The second kappa shape index (κ2) is 10.7. The molecule has 1 N–H and O–H groups in total. The molecule has 6 heteroatoms. The highest BCUT2D eigenvalue weighted by atomic mass is 16.5. The van der Waals surface area contributed by atoms with Crippen molar-refractivity contribution in [2.24, 2.45) is 0 Å². The molecule has 0 saturated carbocycles. The molecule has 1 heterocycles. The van der Waals surface area contributed by atoms with E-state index in [-0.39, 0.29) is 6.03 Å². The Labute approximate surface area is 173 Å². The normalized spacial score (nSPS) is 14.5. The predicted octanol–water partition coefficient (Wildman–Crippen LogP) is 2.82. The molecule has 0 atom stereocenters. The zero-order chi connectivity index (χ0) is 20.5. The van der Waals surface area contributed by atoms with Gasteiger partial charge in [-0.15, -0.1) is 0 Å². The van der Waals surface area contributed by atoms with Crippen molar-refractivity contribution in [3.63, 3.8) is 0 Å². The summed E-state index contributed by atoms with van der Waals surface area (Å²) >= 11 is 0. The number of amides is 2. The summed E-state index contributed by atoms with van der Waals surface area (Å²) in [7, 11) is 3.36.